The Hall–Kier alpha value is -4.43. The molecular weight excluding hydrogens is 705 g/mol. The molecule has 0 aliphatic carbocycles. The fourth-order valence-corrected chi connectivity index (χ4v) is 7.31. The third-order valence-corrected chi connectivity index (χ3v) is 10.4. The third kappa shape index (κ3) is 7.93. The Morgan fingerprint density at radius 2 is 1.81 bits per heavy atom. The van der Waals surface area contributed by atoms with Crippen LogP contribution in [0.25, 0.3) is 22.2 Å². The van der Waals surface area contributed by atoms with Gasteiger partial charge >= 0.3 is 0 Å². The SMILES string of the molecule is COc1cc2ncnc(Nc3ccc(OCc4cccc(F)c4)c(Br)c3)c2cc1-c1csc(CNCCS(=O)(=O)c2ccccc2)n1. The Labute approximate surface area is 283 Å². The summed E-state index contributed by atoms with van der Waals surface area (Å²) in [4.78, 5) is 14.1. The van der Waals surface area contributed by atoms with Gasteiger partial charge in [0.1, 0.15) is 41.1 Å². The number of methoxy groups -OCH3 is 1. The number of nitrogens with zero attached hydrogens (tertiary/aromatic N) is 3. The molecule has 0 unspecified atom stereocenters. The van der Waals surface area contributed by atoms with Gasteiger partial charge in [0.2, 0.25) is 0 Å². The molecule has 6 aromatic rings. The molecule has 47 heavy (non-hydrogen) atoms. The van der Waals surface area contributed by atoms with E-state index in [9.17, 15) is 12.8 Å². The fraction of sp³-hybridized carbons (Fsp3) is 0.147. The van der Waals surface area contributed by atoms with Crippen LogP contribution in [-0.2, 0) is 23.0 Å². The molecule has 4 aromatic carbocycles. The van der Waals surface area contributed by atoms with Crippen molar-refractivity contribution < 1.29 is 22.3 Å². The van der Waals surface area contributed by atoms with Crippen LogP contribution in [0.1, 0.15) is 10.6 Å². The Bertz CT molecular complexity index is 2130. The summed E-state index contributed by atoms with van der Waals surface area (Å²) in [6, 6.07) is 24.1. The van der Waals surface area contributed by atoms with Gasteiger partial charge in [0.25, 0.3) is 0 Å². The Morgan fingerprint density at radius 1 is 0.957 bits per heavy atom. The second-order valence-corrected chi connectivity index (χ2v) is 14.3. The van der Waals surface area contributed by atoms with Crippen molar-refractivity contribution in [2.75, 3.05) is 24.7 Å². The molecule has 0 spiro atoms. The van der Waals surface area contributed by atoms with E-state index in [0.717, 1.165) is 37.4 Å². The lowest BCUT2D eigenvalue weighted by Crippen LogP contribution is -2.22. The lowest BCUT2D eigenvalue weighted by Gasteiger charge is -2.13. The van der Waals surface area contributed by atoms with Crippen LogP contribution < -0.4 is 20.1 Å². The van der Waals surface area contributed by atoms with Crippen molar-refractivity contribution in [2.24, 2.45) is 0 Å². The van der Waals surface area contributed by atoms with Crippen LogP contribution in [0.3, 0.4) is 0 Å². The number of nitrogens with one attached hydrogen (secondary N) is 2. The lowest BCUT2D eigenvalue weighted by atomic mass is 10.1. The Balaban J connectivity index is 1.16. The summed E-state index contributed by atoms with van der Waals surface area (Å²) in [6.45, 7) is 0.959. The number of sulfone groups is 1. The zero-order valence-electron chi connectivity index (χ0n) is 25.1. The monoisotopic (exact) mass is 733 g/mol. The minimum absolute atomic E-state index is 0.00917. The van der Waals surface area contributed by atoms with Crippen molar-refractivity contribution in [3.05, 3.63) is 117 Å². The van der Waals surface area contributed by atoms with Crippen molar-refractivity contribution in [1.82, 2.24) is 20.3 Å². The van der Waals surface area contributed by atoms with Gasteiger partial charge in [-0.2, -0.15) is 0 Å². The van der Waals surface area contributed by atoms with Crippen molar-refractivity contribution in [1.29, 1.82) is 0 Å². The number of aromatic nitrogens is 3. The molecular formula is C34H29BrFN5O4S2. The van der Waals surface area contributed by atoms with E-state index < -0.39 is 9.84 Å². The molecule has 0 atom stereocenters. The van der Waals surface area contributed by atoms with Gasteiger partial charge in [-0.25, -0.2) is 27.8 Å². The van der Waals surface area contributed by atoms with Gasteiger partial charge in [-0.15, -0.1) is 11.3 Å². The maximum absolute atomic E-state index is 13.5. The number of rotatable bonds is 13. The molecule has 6 rings (SSSR count). The molecule has 240 valence electrons. The molecule has 13 heteroatoms. The highest BCUT2D eigenvalue weighted by molar-refractivity contribution is 9.10. The van der Waals surface area contributed by atoms with Gasteiger partial charge in [0.15, 0.2) is 9.84 Å². The van der Waals surface area contributed by atoms with Gasteiger partial charge in [-0.05, 0) is 70.0 Å². The highest BCUT2D eigenvalue weighted by Crippen LogP contribution is 2.37. The highest BCUT2D eigenvalue weighted by atomic mass is 79.9. The van der Waals surface area contributed by atoms with E-state index in [0.29, 0.717) is 40.8 Å². The van der Waals surface area contributed by atoms with Crippen molar-refractivity contribution in [3.63, 3.8) is 0 Å². The van der Waals surface area contributed by atoms with E-state index in [1.54, 1.807) is 43.5 Å². The predicted molar refractivity (Wildman–Crippen MR) is 186 cm³/mol. The molecule has 0 saturated carbocycles. The smallest absolute Gasteiger partial charge is 0.179 e. The van der Waals surface area contributed by atoms with E-state index in [4.69, 9.17) is 14.5 Å². The summed E-state index contributed by atoms with van der Waals surface area (Å²) in [5, 5.41) is 10.1. The summed E-state index contributed by atoms with van der Waals surface area (Å²) in [5.41, 5.74) is 3.68. The highest BCUT2D eigenvalue weighted by Gasteiger charge is 2.17. The normalized spacial score (nSPS) is 11.5. The van der Waals surface area contributed by atoms with Crippen LogP contribution in [0.15, 0.2) is 106 Å². The molecule has 2 aromatic heterocycles. The average molecular weight is 735 g/mol. The Kier molecular flexibility index (Phi) is 10.1. The van der Waals surface area contributed by atoms with Crippen LogP contribution in [0, 0.1) is 5.82 Å². The molecule has 0 aliphatic heterocycles. The van der Waals surface area contributed by atoms with Crippen LogP contribution >= 0.6 is 27.3 Å². The number of benzene rings is 4. The fourth-order valence-electron chi connectivity index (χ4n) is 4.84. The zero-order valence-corrected chi connectivity index (χ0v) is 28.3. The molecule has 0 radical (unpaired) electrons. The molecule has 2 heterocycles. The molecule has 9 nitrogen and oxygen atoms in total. The predicted octanol–water partition coefficient (Wildman–Crippen LogP) is 7.55. The quantitative estimate of drug-likeness (QED) is 0.116. The van der Waals surface area contributed by atoms with Crippen LogP contribution in [0.4, 0.5) is 15.9 Å². The first kappa shape index (κ1) is 32.5. The van der Waals surface area contributed by atoms with E-state index in [1.807, 2.05) is 41.8 Å². The van der Waals surface area contributed by atoms with Gasteiger partial charge in [-0.1, -0.05) is 30.3 Å². The zero-order chi connectivity index (χ0) is 32.8. The van der Waals surface area contributed by atoms with Crippen molar-refractivity contribution >= 4 is 59.5 Å². The first-order valence-corrected chi connectivity index (χ1v) is 17.8. The average Bonchev–Trinajstić information content (AvgIpc) is 3.55. The van der Waals surface area contributed by atoms with Crippen LogP contribution in [0.5, 0.6) is 11.5 Å². The number of hydrogen-bond acceptors (Lipinski definition) is 10. The number of halogens is 2. The molecule has 0 saturated heterocycles. The number of fused-ring (bicyclic) bond motifs is 1. The van der Waals surface area contributed by atoms with Crippen LogP contribution in [-0.4, -0.2) is 42.8 Å². The maximum Gasteiger partial charge on any atom is 0.179 e. The summed E-state index contributed by atoms with van der Waals surface area (Å²) >= 11 is 5.05. The van der Waals surface area contributed by atoms with Crippen molar-refractivity contribution in [3.8, 4) is 22.8 Å². The number of hydrogen-bond donors (Lipinski definition) is 2. The molecule has 0 fully saturated rings. The van der Waals surface area contributed by atoms with E-state index in [2.05, 4.69) is 36.5 Å². The summed E-state index contributed by atoms with van der Waals surface area (Å²) in [6.07, 6.45) is 1.49. The van der Waals surface area contributed by atoms with Crippen LogP contribution in [0.2, 0.25) is 0 Å². The van der Waals surface area contributed by atoms with E-state index in [1.165, 1.54) is 29.8 Å². The summed E-state index contributed by atoms with van der Waals surface area (Å²) < 4.78 is 51.0. The molecule has 0 aliphatic rings. The Morgan fingerprint density at radius 3 is 2.60 bits per heavy atom. The number of anilines is 2. The molecule has 2 N–H and O–H groups in total. The van der Waals surface area contributed by atoms with Gasteiger partial charge in [0.05, 0.1) is 33.4 Å². The molecule has 0 bridgehead atoms. The number of ether oxygens (including phenoxy) is 2. The second-order valence-electron chi connectivity index (χ2n) is 10.4. The largest absolute Gasteiger partial charge is 0.496 e. The van der Waals surface area contributed by atoms with Gasteiger partial charge in [0, 0.05) is 41.2 Å². The van der Waals surface area contributed by atoms with E-state index >= 15 is 0 Å². The topological polar surface area (TPSA) is 115 Å². The van der Waals surface area contributed by atoms with Gasteiger partial charge < -0.3 is 20.1 Å². The third-order valence-electron chi connectivity index (χ3n) is 7.19. The maximum atomic E-state index is 13.5. The van der Waals surface area contributed by atoms with Crippen molar-refractivity contribution in [2.45, 2.75) is 18.0 Å². The minimum atomic E-state index is -3.36. The van der Waals surface area contributed by atoms with Gasteiger partial charge in [-0.3, -0.25) is 0 Å². The standard InChI is InChI=1S/C34H29BrFN5O4S2/c1-44-32-17-29-27(16-26(32)30-20-46-33(41-30)18-37-12-13-47(42,43)25-8-3-2-4-9-25)34(39-21-38-29)40-24-10-11-31(28(35)15-24)45-19-22-6-5-7-23(36)14-22/h2-11,14-17,20-21,37H,12-13,18-19H2,1H3,(H,38,39,40). The summed E-state index contributed by atoms with van der Waals surface area (Å²) in [5.74, 6) is 1.51. The minimum Gasteiger partial charge on any atom is -0.496 e. The summed E-state index contributed by atoms with van der Waals surface area (Å²) in [7, 11) is -1.76. The van der Waals surface area contributed by atoms with E-state index in [-0.39, 0.29) is 18.2 Å². The first-order valence-electron chi connectivity index (χ1n) is 14.5. The lowest BCUT2D eigenvalue weighted by molar-refractivity contribution is 0.303. The number of thiazole rings is 1. The molecule has 0 amide bonds. The first-order chi connectivity index (χ1) is 22.8. The second kappa shape index (κ2) is 14.6.